The number of nitrogen functional groups attached to an aromatic ring is 1. The number of nitrogens with zero attached hydrogens (tertiary/aromatic N) is 2. The zero-order chi connectivity index (χ0) is 14.7. The van der Waals surface area contributed by atoms with Gasteiger partial charge in [0.2, 0.25) is 0 Å². The van der Waals surface area contributed by atoms with Crippen LogP contribution in [0.5, 0.6) is 0 Å². The average molecular weight is 286 g/mol. The summed E-state index contributed by atoms with van der Waals surface area (Å²) in [7, 11) is 0. The van der Waals surface area contributed by atoms with Crippen LogP contribution in [0.1, 0.15) is 23.3 Å². The number of hydrogen-bond donors (Lipinski definition) is 2. The highest BCUT2D eigenvalue weighted by Crippen LogP contribution is 2.12. The molecule has 3 N–H and O–H groups in total. The van der Waals surface area contributed by atoms with Gasteiger partial charge in [-0.15, -0.1) is 0 Å². The highest BCUT2D eigenvalue weighted by Gasteiger charge is 2.17. The van der Waals surface area contributed by atoms with Gasteiger partial charge < -0.3 is 15.8 Å². The molecule has 1 fully saturated rings. The molecule has 2 aromatic rings. The van der Waals surface area contributed by atoms with E-state index in [1.54, 1.807) is 29.1 Å². The molecule has 6 heteroatoms. The lowest BCUT2D eigenvalue weighted by atomic mass is 10.2. The topological polar surface area (TPSA) is 82.2 Å². The SMILES string of the molecule is Nc1ccc(-n2ccc(C(=O)NCC3CCCO3)n2)cc1. The average Bonchev–Trinajstić information content (AvgIpc) is 3.17. The van der Waals surface area contributed by atoms with E-state index in [4.69, 9.17) is 10.5 Å². The molecule has 1 aromatic carbocycles. The van der Waals surface area contributed by atoms with Crippen LogP contribution < -0.4 is 11.1 Å². The van der Waals surface area contributed by atoms with Gasteiger partial charge >= 0.3 is 0 Å². The van der Waals surface area contributed by atoms with E-state index in [-0.39, 0.29) is 12.0 Å². The highest BCUT2D eigenvalue weighted by molar-refractivity contribution is 5.92. The normalized spacial score (nSPS) is 17.8. The van der Waals surface area contributed by atoms with Crippen LogP contribution >= 0.6 is 0 Å². The number of ether oxygens (including phenoxy) is 1. The summed E-state index contributed by atoms with van der Waals surface area (Å²) in [5.41, 5.74) is 7.60. The monoisotopic (exact) mass is 286 g/mol. The maximum absolute atomic E-state index is 12.0. The number of rotatable bonds is 4. The number of hydrogen-bond acceptors (Lipinski definition) is 4. The molecule has 1 unspecified atom stereocenters. The van der Waals surface area contributed by atoms with Crippen molar-refractivity contribution in [2.45, 2.75) is 18.9 Å². The third-order valence-electron chi connectivity index (χ3n) is 3.49. The molecule has 1 saturated heterocycles. The quantitative estimate of drug-likeness (QED) is 0.832. The summed E-state index contributed by atoms with van der Waals surface area (Å²) >= 11 is 0. The summed E-state index contributed by atoms with van der Waals surface area (Å²) in [6.07, 6.45) is 3.95. The molecule has 0 radical (unpaired) electrons. The smallest absolute Gasteiger partial charge is 0.271 e. The van der Waals surface area contributed by atoms with Crippen LogP contribution in [-0.2, 0) is 4.74 Å². The van der Waals surface area contributed by atoms with Crippen LogP contribution in [0.4, 0.5) is 5.69 Å². The van der Waals surface area contributed by atoms with Gasteiger partial charge in [-0.3, -0.25) is 4.79 Å². The molecular formula is C15H18N4O2. The zero-order valence-corrected chi connectivity index (χ0v) is 11.7. The predicted molar refractivity (Wildman–Crippen MR) is 79.3 cm³/mol. The lowest BCUT2D eigenvalue weighted by molar-refractivity contribution is 0.0853. The second-order valence-corrected chi connectivity index (χ2v) is 5.08. The van der Waals surface area contributed by atoms with E-state index in [2.05, 4.69) is 10.4 Å². The zero-order valence-electron chi connectivity index (χ0n) is 11.7. The van der Waals surface area contributed by atoms with Crippen LogP contribution in [0.25, 0.3) is 5.69 Å². The Morgan fingerprint density at radius 2 is 2.19 bits per heavy atom. The van der Waals surface area contributed by atoms with Gasteiger partial charge in [-0.1, -0.05) is 0 Å². The Morgan fingerprint density at radius 3 is 2.90 bits per heavy atom. The second-order valence-electron chi connectivity index (χ2n) is 5.08. The molecule has 0 aliphatic carbocycles. The van der Waals surface area contributed by atoms with Crippen LogP contribution in [-0.4, -0.2) is 34.9 Å². The Bertz CT molecular complexity index is 615. The number of aromatic nitrogens is 2. The lowest BCUT2D eigenvalue weighted by Crippen LogP contribution is -2.32. The standard InChI is InChI=1S/C15H18N4O2/c16-11-3-5-12(6-4-11)19-8-7-14(18-19)15(20)17-10-13-2-1-9-21-13/h3-8,13H,1-2,9-10,16H2,(H,17,20). The van der Waals surface area contributed by atoms with Gasteiger partial charge in [-0.05, 0) is 43.2 Å². The summed E-state index contributed by atoms with van der Waals surface area (Å²) < 4.78 is 7.13. The van der Waals surface area contributed by atoms with Crippen molar-refractivity contribution in [3.05, 3.63) is 42.2 Å². The fourth-order valence-corrected chi connectivity index (χ4v) is 2.32. The third kappa shape index (κ3) is 3.22. The number of anilines is 1. The highest BCUT2D eigenvalue weighted by atomic mass is 16.5. The first-order valence-electron chi connectivity index (χ1n) is 7.04. The lowest BCUT2D eigenvalue weighted by Gasteiger charge is -2.09. The van der Waals surface area contributed by atoms with Crippen LogP contribution in [0.15, 0.2) is 36.5 Å². The van der Waals surface area contributed by atoms with Gasteiger partial charge in [0.1, 0.15) is 0 Å². The van der Waals surface area contributed by atoms with E-state index in [0.29, 0.717) is 17.9 Å². The van der Waals surface area contributed by atoms with E-state index in [1.807, 2.05) is 12.1 Å². The minimum absolute atomic E-state index is 0.133. The van der Waals surface area contributed by atoms with Crippen molar-refractivity contribution in [2.75, 3.05) is 18.9 Å². The molecule has 0 spiro atoms. The fourth-order valence-electron chi connectivity index (χ4n) is 2.32. The first-order chi connectivity index (χ1) is 10.2. The molecule has 1 aromatic heterocycles. The van der Waals surface area contributed by atoms with Crippen molar-refractivity contribution in [1.82, 2.24) is 15.1 Å². The van der Waals surface area contributed by atoms with Gasteiger partial charge in [0, 0.05) is 25.0 Å². The van der Waals surface area contributed by atoms with Crippen LogP contribution in [0.2, 0.25) is 0 Å². The van der Waals surface area contributed by atoms with E-state index >= 15 is 0 Å². The Kier molecular flexibility index (Phi) is 3.87. The first kappa shape index (κ1) is 13.6. The minimum Gasteiger partial charge on any atom is -0.399 e. The van der Waals surface area contributed by atoms with Crippen molar-refractivity contribution < 1.29 is 9.53 Å². The molecule has 0 saturated carbocycles. The van der Waals surface area contributed by atoms with Gasteiger partial charge in [-0.2, -0.15) is 5.10 Å². The summed E-state index contributed by atoms with van der Waals surface area (Å²) in [5.74, 6) is -0.181. The van der Waals surface area contributed by atoms with E-state index < -0.39 is 0 Å². The molecule has 0 bridgehead atoms. The maximum atomic E-state index is 12.0. The molecule has 1 amide bonds. The van der Waals surface area contributed by atoms with Gasteiger partial charge in [0.15, 0.2) is 5.69 Å². The number of carbonyl (C=O) groups excluding carboxylic acids is 1. The molecule has 1 atom stereocenters. The molecule has 110 valence electrons. The summed E-state index contributed by atoms with van der Waals surface area (Å²) in [6, 6.07) is 9.01. The van der Waals surface area contributed by atoms with E-state index in [1.165, 1.54) is 0 Å². The van der Waals surface area contributed by atoms with Crippen molar-refractivity contribution in [1.29, 1.82) is 0 Å². The number of nitrogens with two attached hydrogens (primary N) is 1. The van der Waals surface area contributed by atoms with Gasteiger partial charge in [-0.25, -0.2) is 4.68 Å². The van der Waals surface area contributed by atoms with Crippen LogP contribution in [0, 0.1) is 0 Å². The van der Waals surface area contributed by atoms with E-state index in [0.717, 1.165) is 25.1 Å². The molecule has 1 aliphatic heterocycles. The molecule has 21 heavy (non-hydrogen) atoms. The van der Waals surface area contributed by atoms with E-state index in [9.17, 15) is 4.79 Å². The Labute approximate surface area is 122 Å². The van der Waals surface area contributed by atoms with Gasteiger partial charge in [0.05, 0.1) is 11.8 Å². The first-order valence-corrected chi connectivity index (χ1v) is 7.04. The van der Waals surface area contributed by atoms with Gasteiger partial charge in [0.25, 0.3) is 5.91 Å². The van der Waals surface area contributed by atoms with Crippen molar-refractivity contribution in [3.8, 4) is 5.69 Å². The molecule has 6 nitrogen and oxygen atoms in total. The van der Waals surface area contributed by atoms with Crippen LogP contribution in [0.3, 0.4) is 0 Å². The summed E-state index contributed by atoms with van der Waals surface area (Å²) in [6.45, 7) is 1.32. The van der Waals surface area contributed by atoms with Crippen molar-refractivity contribution in [2.24, 2.45) is 0 Å². The summed E-state index contributed by atoms with van der Waals surface area (Å²) in [4.78, 5) is 12.0. The molecule has 1 aliphatic rings. The van der Waals surface area contributed by atoms with Crippen molar-refractivity contribution >= 4 is 11.6 Å². The number of carbonyl (C=O) groups is 1. The molecule has 2 heterocycles. The Hall–Kier alpha value is -2.34. The maximum Gasteiger partial charge on any atom is 0.271 e. The van der Waals surface area contributed by atoms with Crippen molar-refractivity contribution in [3.63, 3.8) is 0 Å². The number of amides is 1. The number of nitrogens with one attached hydrogen (secondary N) is 1. The predicted octanol–water partition coefficient (Wildman–Crippen LogP) is 1.36. The largest absolute Gasteiger partial charge is 0.399 e. The Morgan fingerprint density at radius 1 is 1.38 bits per heavy atom. The second kappa shape index (κ2) is 5.97. The fraction of sp³-hybridized carbons (Fsp3) is 0.333. The minimum atomic E-state index is -0.181. The number of benzene rings is 1. The summed E-state index contributed by atoms with van der Waals surface area (Å²) in [5, 5.41) is 7.13. The Balaban J connectivity index is 1.63. The molecule has 3 rings (SSSR count). The third-order valence-corrected chi connectivity index (χ3v) is 3.49. The molecular weight excluding hydrogens is 268 g/mol.